The molecule has 0 aromatic heterocycles. The largest absolute Gasteiger partial charge is 0.481 e. The van der Waals surface area contributed by atoms with Crippen LogP contribution in [0.3, 0.4) is 0 Å². The Bertz CT molecular complexity index is 266. The number of nitrogens with one attached hydrogen (secondary N) is 1. The van der Waals surface area contributed by atoms with E-state index in [1.807, 2.05) is 13.8 Å². The lowest BCUT2D eigenvalue weighted by Crippen LogP contribution is -2.48. The lowest BCUT2D eigenvalue weighted by Gasteiger charge is -2.28. The third-order valence-electron chi connectivity index (χ3n) is 3.31. The van der Waals surface area contributed by atoms with Crippen molar-refractivity contribution in [1.29, 1.82) is 0 Å². The number of aliphatic carboxylic acids is 1. The fourth-order valence-electron chi connectivity index (χ4n) is 1.64. The molecule has 0 saturated heterocycles. The molecule has 4 atom stereocenters. The minimum Gasteiger partial charge on any atom is -0.481 e. The van der Waals surface area contributed by atoms with Crippen LogP contribution in [0.1, 0.15) is 40.5 Å². The molecular formula is C12H24N2O3. The van der Waals surface area contributed by atoms with Crippen LogP contribution in [-0.4, -0.2) is 29.1 Å². The number of nitrogens with two attached hydrogens (primary N) is 1. The van der Waals surface area contributed by atoms with Crippen molar-refractivity contribution in [3.63, 3.8) is 0 Å². The van der Waals surface area contributed by atoms with Gasteiger partial charge in [-0.05, 0) is 18.8 Å². The summed E-state index contributed by atoms with van der Waals surface area (Å²) >= 11 is 0. The molecule has 0 radical (unpaired) electrons. The van der Waals surface area contributed by atoms with E-state index in [-0.39, 0.29) is 24.3 Å². The van der Waals surface area contributed by atoms with Gasteiger partial charge in [-0.3, -0.25) is 9.59 Å². The number of amides is 1. The molecule has 5 heteroatoms. The van der Waals surface area contributed by atoms with Crippen molar-refractivity contribution in [3.05, 3.63) is 0 Å². The predicted octanol–water partition coefficient (Wildman–Crippen LogP) is 0.975. The first-order valence-electron chi connectivity index (χ1n) is 6.07. The number of carbonyl (C=O) groups excluding carboxylic acids is 1. The van der Waals surface area contributed by atoms with E-state index in [1.54, 1.807) is 6.92 Å². The summed E-state index contributed by atoms with van der Waals surface area (Å²) in [5.74, 6) is -0.743. The van der Waals surface area contributed by atoms with Crippen LogP contribution in [0.5, 0.6) is 0 Å². The van der Waals surface area contributed by atoms with Crippen molar-refractivity contribution in [2.45, 2.75) is 52.6 Å². The van der Waals surface area contributed by atoms with Gasteiger partial charge in [0.25, 0.3) is 0 Å². The average Bonchev–Trinajstić information content (AvgIpc) is 2.25. The summed E-state index contributed by atoms with van der Waals surface area (Å²) in [5.41, 5.74) is 5.46. The molecule has 0 aromatic rings. The van der Waals surface area contributed by atoms with E-state index < -0.39 is 12.0 Å². The van der Waals surface area contributed by atoms with E-state index in [1.165, 1.54) is 0 Å². The molecule has 4 N–H and O–H groups in total. The number of rotatable bonds is 7. The highest BCUT2D eigenvalue weighted by Crippen LogP contribution is 2.20. The highest BCUT2D eigenvalue weighted by molar-refractivity contribution is 5.82. The number of carboxylic acids is 1. The summed E-state index contributed by atoms with van der Waals surface area (Å²) in [7, 11) is 0. The van der Waals surface area contributed by atoms with E-state index in [0.29, 0.717) is 5.92 Å². The van der Waals surface area contributed by atoms with Gasteiger partial charge in [0, 0.05) is 6.04 Å². The maximum absolute atomic E-state index is 11.5. The minimum absolute atomic E-state index is 0.0655. The van der Waals surface area contributed by atoms with Gasteiger partial charge in [0.1, 0.15) is 0 Å². The van der Waals surface area contributed by atoms with Crippen LogP contribution in [0.2, 0.25) is 0 Å². The first-order valence-corrected chi connectivity index (χ1v) is 6.07. The molecule has 0 saturated carbocycles. The minimum atomic E-state index is -0.907. The zero-order chi connectivity index (χ0) is 13.6. The number of carboxylic acid groups (broad SMARTS) is 1. The first kappa shape index (κ1) is 15.9. The summed E-state index contributed by atoms with van der Waals surface area (Å²) in [5, 5.41) is 11.6. The molecular weight excluding hydrogens is 220 g/mol. The maximum atomic E-state index is 11.5. The maximum Gasteiger partial charge on any atom is 0.305 e. The monoisotopic (exact) mass is 244 g/mol. The third kappa shape index (κ3) is 5.68. The van der Waals surface area contributed by atoms with Gasteiger partial charge in [-0.1, -0.05) is 27.2 Å². The molecule has 0 rings (SSSR count). The second-order valence-electron chi connectivity index (χ2n) is 4.75. The predicted molar refractivity (Wildman–Crippen MR) is 66.5 cm³/mol. The second-order valence-corrected chi connectivity index (χ2v) is 4.75. The summed E-state index contributed by atoms with van der Waals surface area (Å²) in [4.78, 5) is 22.3. The zero-order valence-corrected chi connectivity index (χ0v) is 11.1. The first-order chi connectivity index (χ1) is 7.79. The fraction of sp³-hybridized carbons (Fsp3) is 0.833. The zero-order valence-electron chi connectivity index (χ0n) is 11.1. The summed E-state index contributed by atoms with van der Waals surface area (Å²) in [6.45, 7) is 7.65. The molecule has 0 aliphatic heterocycles. The van der Waals surface area contributed by atoms with E-state index in [4.69, 9.17) is 10.8 Å². The Balaban J connectivity index is 4.63. The highest BCUT2D eigenvalue weighted by Gasteiger charge is 2.26. The molecule has 5 nitrogen and oxygen atoms in total. The Morgan fingerprint density at radius 2 is 1.82 bits per heavy atom. The molecule has 17 heavy (non-hydrogen) atoms. The lowest BCUT2D eigenvalue weighted by molar-refractivity contribution is -0.138. The SMILES string of the molecule is CC[C@@H](C)[C@@H](C)[C@@H](CC(=O)O)NC(=O)[C@H](C)N. The van der Waals surface area contributed by atoms with Gasteiger partial charge in [0.2, 0.25) is 5.91 Å². The van der Waals surface area contributed by atoms with Crippen LogP contribution in [0.25, 0.3) is 0 Å². The third-order valence-corrected chi connectivity index (χ3v) is 3.31. The number of hydrogen-bond acceptors (Lipinski definition) is 3. The molecule has 1 amide bonds. The molecule has 0 unspecified atom stereocenters. The van der Waals surface area contributed by atoms with Gasteiger partial charge in [-0.15, -0.1) is 0 Å². The van der Waals surface area contributed by atoms with Crippen LogP contribution in [0.15, 0.2) is 0 Å². The van der Waals surface area contributed by atoms with E-state index in [0.717, 1.165) is 6.42 Å². The highest BCUT2D eigenvalue weighted by atomic mass is 16.4. The molecule has 0 spiro atoms. The second kappa shape index (κ2) is 7.27. The van der Waals surface area contributed by atoms with Crippen molar-refractivity contribution in [2.75, 3.05) is 0 Å². The summed E-state index contributed by atoms with van der Waals surface area (Å²) < 4.78 is 0. The van der Waals surface area contributed by atoms with Crippen LogP contribution in [0, 0.1) is 11.8 Å². The van der Waals surface area contributed by atoms with Crippen molar-refractivity contribution >= 4 is 11.9 Å². The normalized spacial score (nSPS) is 17.9. The van der Waals surface area contributed by atoms with Gasteiger partial charge < -0.3 is 16.2 Å². The molecule has 100 valence electrons. The Hall–Kier alpha value is -1.10. The average molecular weight is 244 g/mol. The Labute approximate surface area is 103 Å². The Morgan fingerprint density at radius 3 is 2.18 bits per heavy atom. The van der Waals surface area contributed by atoms with Crippen LogP contribution in [0.4, 0.5) is 0 Å². The van der Waals surface area contributed by atoms with Gasteiger partial charge >= 0.3 is 5.97 Å². The van der Waals surface area contributed by atoms with Crippen molar-refractivity contribution in [3.8, 4) is 0 Å². The smallest absolute Gasteiger partial charge is 0.305 e. The van der Waals surface area contributed by atoms with Crippen molar-refractivity contribution < 1.29 is 14.7 Å². The van der Waals surface area contributed by atoms with E-state index >= 15 is 0 Å². The molecule has 0 aliphatic rings. The Morgan fingerprint density at radius 1 is 1.29 bits per heavy atom. The van der Waals surface area contributed by atoms with Crippen molar-refractivity contribution in [1.82, 2.24) is 5.32 Å². The standard InChI is InChI=1S/C12H24N2O3/c1-5-7(2)8(3)10(6-11(15)16)14-12(17)9(4)13/h7-10H,5-6,13H2,1-4H3,(H,14,17)(H,15,16)/t7-,8-,9+,10-/m1/s1. The van der Waals surface area contributed by atoms with Gasteiger partial charge in [-0.2, -0.15) is 0 Å². The Kier molecular flexibility index (Phi) is 6.80. The van der Waals surface area contributed by atoms with E-state index in [2.05, 4.69) is 12.2 Å². The number of hydrogen-bond donors (Lipinski definition) is 3. The molecule has 0 aromatic carbocycles. The summed E-state index contributed by atoms with van der Waals surface area (Å²) in [6, 6.07) is -0.976. The topological polar surface area (TPSA) is 92.4 Å². The van der Waals surface area contributed by atoms with Crippen molar-refractivity contribution in [2.24, 2.45) is 17.6 Å². The molecule has 0 fully saturated rings. The van der Waals surface area contributed by atoms with Crippen LogP contribution in [-0.2, 0) is 9.59 Å². The molecule has 0 bridgehead atoms. The van der Waals surface area contributed by atoms with Gasteiger partial charge in [0.05, 0.1) is 12.5 Å². The van der Waals surface area contributed by atoms with Crippen LogP contribution < -0.4 is 11.1 Å². The van der Waals surface area contributed by atoms with Gasteiger partial charge in [0.15, 0.2) is 0 Å². The quantitative estimate of drug-likeness (QED) is 0.622. The molecule has 0 heterocycles. The summed E-state index contributed by atoms with van der Waals surface area (Å²) in [6.07, 6.45) is 0.884. The fourth-order valence-corrected chi connectivity index (χ4v) is 1.64. The number of carbonyl (C=O) groups is 2. The lowest BCUT2D eigenvalue weighted by atomic mass is 9.85. The molecule has 0 aliphatic carbocycles. The van der Waals surface area contributed by atoms with Gasteiger partial charge in [-0.25, -0.2) is 0 Å². The van der Waals surface area contributed by atoms with Crippen LogP contribution >= 0.6 is 0 Å². The van der Waals surface area contributed by atoms with E-state index in [9.17, 15) is 9.59 Å².